The Morgan fingerprint density at radius 1 is 1.64 bits per heavy atom. The number of rotatable bonds is 3. The Labute approximate surface area is 82.1 Å². The van der Waals surface area contributed by atoms with Crippen molar-refractivity contribution < 1.29 is 0 Å². The topological polar surface area (TPSA) is 84.1 Å². The number of aliphatic imine (C=N–C) groups is 1. The molecule has 0 atom stereocenters. The first-order chi connectivity index (χ1) is 6.65. The monoisotopic (exact) mass is 194 g/mol. The number of nitrogens with one attached hydrogen (secondary N) is 1. The molecule has 1 aromatic rings. The van der Waals surface area contributed by atoms with Crippen LogP contribution in [0.15, 0.2) is 9.79 Å². The van der Waals surface area contributed by atoms with Gasteiger partial charge >= 0.3 is 0 Å². The van der Waals surface area contributed by atoms with Gasteiger partial charge in [0.05, 0.1) is 5.69 Å². The second-order valence-electron chi connectivity index (χ2n) is 2.99. The molecule has 0 spiro atoms. The van der Waals surface area contributed by atoms with Crippen LogP contribution in [0.25, 0.3) is 0 Å². The van der Waals surface area contributed by atoms with E-state index in [1.807, 2.05) is 6.92 Å². The molecule has 0 fully saturated rings. The first-order valence-electron chi connectivity index (χ1n) is 4.54. The molecule has 0 amide bonds. The van der Waals surface area contributed by atoms with Crippen molar-refractivity contribution in [3.05, 3.63) is 16.0 Å². The summed E-state index contributed by atoms with van der Waals surface area (Å²) in [5.74, 6) is 0.127. The van der Waals surface area contributed by atoms with Crippen molar-refractivity contribution in [3.63, 3.8) is 0 Å². The van der Waals surface area contributed by atoms with Crippen LogP contribution >= 0.6 is 0 Å². The van der Waals surface area contributed by atoms with E-state index in [9.17, 15) is 4.79 Å². The highest BCUT2D eigenvalue weighted by molar-refractivity contribution is 5.63. The normalized spacial score (nSPS) is 11.0. The van der Waals surface area contributed by atoms with E-state index in [0.717, 1.165) is 12.8 Å². The van der Waals surface area contributed by atoms with Gasteiger partial charge in [-0.15, -0.1) is 0 Å². The second-order valence-corrected chi connectivity index (χ2v) is 2.99. The SMILES string of the molecule is CCCC=Nc1c(C)nc(N)[nH]c1=O. The minimum atomic E-state index is -0.289. The molecule has 0 saturated carbocycles. The van der Waals surface area contributed by atoms with Gasteiger partial charge in [-0.1, -0.05) is 13.3 Å². The number of aromatic nitrogens is 2. The van der Waals surface area contributed by atoms with E-state index >= 15 is 0 Å². The minimum absolute atomic E-state index is 0.127. The zero-order chi connectivity index (χ0) is 10.6. The van der Waals surface area contributed by atoms with Crippen LogP contribution in [0, 0.1) is 6.92 Å². The van der Waals surface area contributed by atoms with Gasteiger partial charge in [0, 0.05) is 6.21 Å². The molecular formula is C9H14N4O. The van der Waals surface area contributed by atoms with Crippen LogP contribution in [0.3, 0.4) is 0 Å². The van der Waals surface area contributed by atoms with E-state index in [-0.39, 0.29) is 11.5 Å². The summed E-state index contributed by atoms with van der Waals surface area (Å²) < 4.78 is 0. The smallest absolute Gasteiger partial charge is 0.278 e. The minimum Gasteiger partial charge on any atom is -0.369 e. The number of aryl methyl sites for hydroxylation is 1. The predicted octanol–water partition coefficient (Wildman–Crippen LogP) is 1.16. The Hall–Kier alpha value is -1.65. The van der Waals surface area contributed by atoms with Crippen LogP contribution in [0.1, 0.15) is 25.5 Å². The molecule has 1 rings (SSSR count). The van der Waals surface area contributed by atoms with E-state index in [1.54, 1.807) is 13.1 Å². The molecule has 1 heterocycles. The highest BCUT2D eigenvalue weighted by atomic mass is 16.1. The largest absolute Gasteiger partial charge is 0.369 e. The maximum atomic E-state index is 11.4. The van der Waals surface area contributed by atoms with E-state index < -0.39 is 0 Å². The van der Waals surface area contributed by atoms with Crippen molar-refractivity contribution in [2.75, 3.05) is 5.73 Å². The quantitative estimate of drug-likeness (QED) is 0.708. The lowest BCUT2D eigenvalue weighted by atomic mass is 10.3. The molecule has 0 aliphatic rings. The van der Waals surface area contributed by atoms with Crippen molar-refractivity contribution in [1.29, 1.82) is 0 Å². The number of unbranched alkanes of at least 4 members (excludes halogenated alkanes) is 1. The maximum absolute atomic E-state index is 11.4. The molecule has 0 aliphatic carbocycles. The molecule has 0 aliphatic heterocycles. The fraction of sp³-hybridized carbons (Fsp3) is 0.444. The lowest BCUT2D eigenvalue weighted by Gasteiger charge is -1.98. The molecular weight excluding hydrogens is 180 g/mol. The third-order valence-electron chi connectivity index (χ3n) is 1.73. The van der Waals surface area contributed by atoms with E-state index in [0.29, 0.717) is 11.4 Å². The molecule has 0 radical (unpaired) electrons. The van der Waals surface area contributed by atoms with Crippen molar-refractivity contribution in [2.24, 2.45) is 4.99 Å². The third-order valence-corrected chi connectivity index (χ3v) is 1.73. The fourth-order valence-electron chi connectivity index (χ4n) is 1.04. The van der Waals surface area contributed by atoms with Crippen molar-refractivity contribution in [3.8, 4) is 0 Å². The summed E-state index contributed by atoms with van der Waals surface area (Å²) in [7, 11) is 0. The van der Waals surface area contributed by atoms with E-state index in [2.05, 4.69) is 15.0 Å². The van der Waals surface area contributed by atoms with Gasteiger partial charge in [-0.3, -0.25) is 14.8 Å². The summed E-state index contributed by atoms with van der Waals surface area (Å²) in [6.07, 6.45) is 3.57. The van der Waals surface area contributed by atoms with Crippen LogP contribution in [0.5, 0.6) is 0 Å². The van der Waals surface area contributed by atoms with Crippen LogP contribution in [-0.4, -0.2) is 16.2 Å². The molecule has 0 unspecified atom stereocenters. The van der Waals surface area contributed by atoms with E-state index in [1.165, 1.54) is 0 Å². The van der Waals surface area contributed by atoms with Crippen molar-refractivity contribution in [2.45, 2.75) is 26.7 Å². The van der Waals surface area contributed by atoms with Crippen molar-refractivity contribution >= 4 is 17.9 Å². The third kappa shape index (κ3) is 2.42. The van der Waals surface area contributed by atoms with Gasteiger partial charge in [-0.05, 0) is 13.3 Å². The predicted molar refractivity (Wildman–Crippen MR) is 57.1 cm³/mol. The van der Waals surface area contributed by atoms with Crippen LogP contribution in [0.2, 0.25) is 0 Å². The zero-order valence-electron chi connectivity index (χ0n) is 8.37. The standard InChI is InChI=1S/C9H14N4O/c1-3-4-5-11-7-6(2)12-9(10)13-8(7)14/h5H,3-4H2,1-2H3,(H3,10,12,13,14). The number of hydrogen-bond acceptors (Lipinski definition) is 4. The molecule has 3 N–H and O–H groups in total. The first-order valence-corrected chi connectivity index (χ1v) is 4.54. The van der Waals surface area contributed by atoms with Gasteiger partial charge in [0.1, 0.15) is 5.69 Å². The summed E-state index contributed by atoms with van der Waals surface area (Å²) >= 11 is 0. The highest BCUT2D eigenvalue weighted by Gasteiger charge is 2.03. The lowest BCUT2D eigenvalue weighted by Crippen LogP contribution is -2.12. The summed E-state index contributed by atoms with van der Waals surface area (Å²) in [6, 6.07) is 0. The second kappa shape index (κ2) is 4.55. The van der Waals surface area contributed by atoms with Gasteiger partial charge < -0.3 is 5.73 Å². The highest BCUT2D eigenvalue weighted by Crippen LogP contribution is 2.09. The summed E-state index contributed by atoms with van der Waals surface area (Å²) in [5.41, 5.74) is 5.97. The Morgan fingerprint density at radius 3 is 2.93 bits per heavy atom. The Kier molecular flexibility index (Phi) is 3.39. The van der Waals surface area contributed by atoms with Gasteiger partial charge in [0.15, 0.2) is 0 Å². The van der Waals surface area contributed by atoms with Gasteiger partial charge in [0.2, 0.25) is 5.95 Å². The number of nitrogens with zero attached hydrogens (tertiary/aromatic N) is 2. The number of aromatic amines is 1. The maximum Gasteiger partial charge on any atom is 0.278 e. The number of H-pyrrole nitrogens is 1. The number of nitrogens with two attached hydrogens (primary N) is 1. The van der Waals surface area contributed by atoms with Crippen LogP contribution < -0.4 is 11.3 Å². The molecule has 5 nitrogen and oxygen atoms in total. The Balaban J connectivity index is 3.03. The molecule has 14 heavy (non-hydrogen) atoms. The van der Waals surface area contributed by atoms with Crippen LogP contribution in [0.4, 0.5) is 11.6 Å². The molecule has 1 aromatic heterocycles. The Morgan fingerprint density at radius 2 is 2.36 bits per heavy atom. The average molecular weight is 194 g/mol. The number of anilines is 1. The zero-order valence-corrected chi connectivity index (χ0v) is 8.37. The summed E-state index contributed by atoms with van der Waals surface area (Å²) in [5, 5.41) is 0. The summed E-state index contributed by atoms with van der Waals surface area (Å²) in [4.78, 5) is 21.7. The molecule has 0 aromatic carbocycles. The fourth-order valence-corrected chi connectivity index (χ4v) is 1.04. The van der Waals surface area contributed by atoms with Crippen LogP contribution in [-0.2, 0) is 0 Å². The van der Waals surface area contributed by atoms with E-state index in [4.69, 9.17) is 5.73 Å². The Bertz CT molecular complexity index is 394. The molecule has 5 heteroatoms. The lowest BCUT2D eigenvalue weighted by molar-refractivity contribution is 1.00. The average Bonchev–Trinajstić information content (AvgIpc) is 2.09. The summed E-state index contributed by atoms with van der Waals surface area (Å²) in [6.45, 7) is 3.76. The molecule has 76 valence electrons. The number of nitrogen functional groups attached to an aromatic ring is 1. The molecule has 0 saturated heterocycles. The van der Waals surface area contributed by atoms with Crippen molar-refractivity contribution in [1.82, 2.24) is 9.97 Å². The van der Waals surface area contributed by atoms with Gasteiger partial charge in [-0.25, -0.2) is 4.98 Å². The molecule has 0 bridgehead atoms. The number of hydrogen-bond donors (Lipinski definition) is 2. The van der Waals surface area contributed by atoms with Gasteiger partial charge in [0.25, 0.3) is 5.56 Å². The van der Waals surface area contributed by atoms with Gasteiger partial charge in [-0.2, -0.15) is 0 Å². The first kappa shape index (κ1) is 10.4.